The van der Waals surface area contributed by atoms with E-state index in [4.69, 9.17) is 4.74 Å². The molecule has 4 nitrogen and oxygen atoms in total. The molecule has 0 spiro atoms. The fourth-order valence-corrected chi connectivity index (χ4v) is 3.49. The first-order valence-corrected chi connectivity index (χ1v) is 8.46. The number of aryl methyl sites for hydroxylation is 1. The van der Waals surface area contributed by atoms with Crippen molar-refractivity contribution in [2.75, 3.05) is 20.2 Å². The Bertz CT molecular complexity index is 687. The topological polar surface area (TPSA) is 42.4 Å². The monoisotopic (exact) mass is 324 g/mol. The molecule has 126 valence electrons. The van der Waals surface area contributed by atoms with Gasteiger partial charge in [-0.1, -0.05) is 35.9 Å². The number of likely N-dealkylation sites (tertiary alicyclic amines) is 1. The van der Waals surface area contributed by atoms with Crippen LogP contribution in [0.25, 0.3) is 0 Å². The molecule has 1 aliphatic rings. The number of ether oxygens (including phenoxy) is 1. The normalized spacial score (nSPS) is 20.8. The Balaban J connectivity index is 1.73. The number of benzene rings is 1. The molecule has 2 aromatic rings. The number of rotatable bonds is 4. The van der Waals surface area contributed by atoms with E-state index in [1.54, 1.807) is 19.4 Å². The molecule has 1 fully saturated rings. The number of methoxy groups -OCH3 is 1. The summed E-state index contributed by atoms with van der Waals surface area (Å²) in [5.74, 6) is 0.317. The van der Waals surface area contributed by atoms with Gasteiger partial charge in [-0.3, -0.25) is 9.78 Å². The minimum atomic E-state index is 0.0133. The standard InChI is InChI=1S/C20H24N2O2/c1-15-6-5-7-16(12-15)13-17-14-22(11-9-19(17)24-2)20(23)18-8-3-4-10-21-18/h3-8,10,12,17,19H,9,11,13-14H2,1-2H3/t17-,19+/m1/s1. The van der Waals surface area contributed by atoms with E-state index >= 15 is 0 Å². The Hall–Kier alpha value is -2.20. The van der Waals surface area contributed by atoms with Crippen molar-refractivity contribution in [1.82, 2.24) is 9.88 Å². The van der Waals surface area contributed by atoms with Crippen molar-refractivity contribution < 1.29 is 9.53 Å². The fraction of sp³-hybridized carbons (Fsp3) is 0.400. The second-order valence-electron chi connectivity index (χ2n) is 6.48. The fourth-order valence-electron chi connectivity index (χ4n) is 3.49. The zero-order valence-electron chi connectivity index (χ0n) is 14.3. The van der Waals surface area contributed by atoms with E-state index in [0.717, 1.165) is 19.4 Å². The summed E-state index contributed by atoms with van der Waals surface area (Å²) in [6.07, 6.45) is 3.65. The highest BCUT2D eigenvalue weighted by molar-refractivity contribution is 5.92. The molecule has 0 aliphatic carbocycles. The number of nitrogens with zero attached hydrogens (tertiary/aromatic N) is 2. The molecule has 0 saturated carbocycles. The van der Waals surface area contributed by atoms with Gasteiger partial charge in [-0.15, -0.1) is 0 Å². The number of hydrogen-bond donors (Lipinski definition) is 0. The molecule has 1 aromatic heterocycles. The molecular weight excluding hydrogens is 300 g/mol. The number of carbonyl (C=O) groups excluding carboxylic acids is 1. The molecule has 2 heterocycles. The van der Waals surface area contributed by atoms with Crippen LogP contribution in [-0.2, 0) is 11.2 Å². The molecule has 1 saturated heterocycles. The molecule has 1 aromatic carbocycles. The summed E-state index contributed by atoms with van der Waals surface area (Å²) in [6, 6.07) is 14.0. The smallest absolute Gasteiger partial charge is 0.272 e. The molecule has 0 radical (unpaired) electrons. The predicted molar refractivity (Wildman–Crippen MR) is 93.9 cm³/mol. The first kappa shape index (κ1) is 16.7. The van der Waals surface area contributed by atoms with Crippen molar-refractivity contribution in [2.24, 2.45) is 5.92 Å². The van der Waals surface area contributed by atoms with Gasteiger partial charge in [0.1, 0.15) is 5.69 Å². The molecule has 1 aliphatic heterocycles. The first-order valence-electron chi connectivity index (χ1n) is 8.46. The maximum absolute atomic E-state index is 12.7. The van der Waals surface area contributed by atoms with Gasteiger partial charge in [0, 0.05) is 32.3 Å². The third kappa shape index (κ3) is 3.82. The van der Waals surface area contributed by atoms with Gasteiger partial charge in [-0.05, 0) is 37.5 Å². The third-order valence-corrected chi connectivity index (χ3v) is 4.72. The first-order chi connectivity index (χ1) is 11.7. The average molecular weight is 324 g/mol. The molecular formula is C20H24N2O2. The molecule has 1 amide bonds. The van der Waals surface area contributed by atoms with Crippen molar-refractivity contribution in [3.05, 3.63) is 65.5 Å². The Morgan fingerprint density at radius 1 is 1.29 bits per heavy atom. The zero-order valence-corrected chi connectivity index (χ0v) is 14.3. The van der Waals surface area contributed by atoms with E-state index in [0.29, 0.717) is 18.2 Å². The van der Waals surface area contributed by atoms with Crippen LogP contribution >= 0.6 is 0 Å². The van der Waals surface area contributed by atoms with Crippen LogP contribution in [0.15, 0.2) is 48.7 Å². The lowest BCUT2D eigenvalue weighted by molar-refractivity contribution is -0.00317. The van der Waals surface area contributed by atoms with Crippen LogP contribution in [-0.4, -0.2) is 42.1 Å². The molecule has 0 N–H and O–H groups in total. The minimum absolute atomic E-state index is 0.0133. The maximum atomic E-state index is 12.7. The highest BCUT2D eigenvalue weighted by Gasteiger charge is 2.32. The van der Waals surface area contributed by atoms with Crippen LogP contribution in [0, 0.1) is 12.8 Å². The highest BCUT2D eigenvalue weighted by Crippen LogP contribution is 2.25. The van der Waals surface area contributed by atoms with Gasteiger partial charge in [0.05, 0.1) is 6.10 Å². The lowest BCUT2D eigenvalue weighted by Crippen LogP contribution is -2.47. The Morgan fingerprint density at radius 3 is 2.88 bits per heavy atom. The van der Waals surface area contributed by atoms with E-state index < -0.39 is 0 Å². The second-order valence-corrected chi connectivity index (χ2v) is 6.48. The maximum Gasteiger partial charge on any atom is 0.272 e. The van der Waals surface area contributed by atoms with Crippen molar-refractivity contribution >= 4 is 5.91 Å². The predicted octanol–water partition coefficient (Wildman–Crippen LogP) is 3.11. The van der Waals surface area contributed by atoms with Crippen molar-refractivity contribution in [2.45, 2.75) is 25.9 Å². The van der Waals surface area contributed by atoms with Gasteiger partial charge in [0.15, 0.2) is 0 Å². The summed E-state index contributed by atoms with van der Waals surface area (Å²) >= 11 is 0. The number of amides is 1. The van der Waals surface area contributed by atoms with Gasteiger partial charge in [-0.25, -0.2) is 0 Å². The Morgan fingerprint density at radius 2 is 2.17 bits per heavy atom. The largest absolute Gasteiger partial charge is 0.381 e. The van der Waals surface area contributed by atoms with Gasteiger partial charge in [0.2, 0.25) is 0 Å². The number of carbonyl (C=O) groups is 1. The van der Waals surface area contributed by atoms with Crippen molar-refractivity contribution in [1.29, 1.82) is 0 Å². The third-order valence-electron chi connectivity index (χ3n) is 4.72. The van der Waals surface area contributed by atoms with E-state index in [2.05, 4.69) is 36.2 Å². The summed E-state index contributed by atoms with van der Waals surface area (Å²) in [7, 11) is 1.77. The molecule has 0 bridgehead atoms. The number of hydrogen-bond acceptors (Lipinski definition) is 3. The van der Waals surface area contributed by atoms with E-state index in [9.17, 15) is 4.79 Å². The van der Waals surface area contributed by atoms with Gasteiger partial charge in [-0.2, -0.15) is 0 Å². The number of aromatic nitrogens is 1. The van der Waals surface area contributed by atoms with Crippen LogP contribution < -0.4 is 0 Å². The Labute approximate surface area is 143 Å². The zero-order chi connectivity index (χ0) is 16.9. The van der Waals surface area contributed by atoms with Crippen molar-refractivity contribution in [3.63, 3.8) is 0 Å². The van der Waals surface area contributed by atoms with Gasteiger partial charge in [0.25, 0.3) is 5.91 Å². The molecule has 3 rings (SSSR count). The van der Waals surface area contributed by atoms with Crippen LogP contribution in [0.1, 0.15) is 28.0 Å². The highest BCUT2D eigenvalue weighted by atomic mass is 16.5. The summed E-state index contributed by atoms with van der Waals surface area (Å²) in [4.78, 5) is 18.8. The quantitative estimate of drug-likeness (QED) is 0.868. The molecule has 0 unspecified atom stereocenters. The molecule has 4 heteroatoms. The summed E-state index contributed by atoms with van der Waals surface area (Å²) in [6.45, 7) is 3.54. The van der Waals surface area contributed by atoms with Crippen LogP contribution in [0.5, 0.6) is 0 Å². The SMILES string of the molecule is CO[C@H]1CCN(C(=O)c2ccccn2)C[C@H]1Cc1cccc(C)c1. The van der Waals surface area contributed by atoms with E-state index in [-0.39, 0.29) is 12.0 Å². The van der Waals surface area contributed by atoms with Gasteiger partial charge < -0.3 is 9.64 Å². The molecule has 24 heavy (non-hydrogen) atoms. The summed E-state index contributed by atoms with van der Waals surface area (Å²) in [5, 5.41) is 0. The number of pyridine rings is 1. The lowest BCUT2D eigenvalue weighted by atomic mass is 9.88. The van der Waals surface area contributed by atoms with Crippen LogP contribution in [0.2, 0.25) is 0 Å². The summed E-state index contributed by atoms with van der Waals surface area (Å²) < 4.78 is 5.69. The summed E-state index contributed by atoms with van der Waals surface area (Å²) in [5.41, 5.74) is 3.08. The number of piperidine rings is 1. The van der Waals surface area contributed by atoms with E-state index in [1.165, 1.54) is 11.1 Å². The Kier molecular flexibility index (Phi) is 5.26. The molecule has 2 atom stereocenters. The van der Waals surface area contributed by atoms with E-state index in [1.807, 2.05) is 17.0 Å². The van der Waals surface area contributed by atoms with Crippen molar-refractivity contribution in [3.8, 4) is 0 Å². The van der Waals surface area contributed by atoms with Gasteiger partial charge >= 0.3 is 0 Å². The van der Waals surface area contributed by atoms with Crippen LogP contribution in [0.3, 0.4) is 0 Å². The lowest BCUT2D eigenvalue weighted by Gasteiger charge is -2.38. The second kappa shape index (κ2) is 7.58. The van der Waals surface area contributed by atoms with Crippen LogP contribution in [0.4, 0.5) is 0 Å². The average Bonchev–Trinajstić information content (AvgIpc) is 2.62. The minimum Gasteiger partial charge on any atom is -0.381 e.